The molecular formula is C14H16N2O3S. The van der Waals surface area contributed by atoms with Crippen LogP contribution < -0.4 is 5.32 Å². The number of amides is 1. The molecular weight excluding hydrogens is 276 g/mol. The summed E-state index contributed by atoms with van der Waals surface area (Å²) in [5, 5.41) is 13.6. The van der Waals surface area contributed by atoms with Crippen LogP contribution in [0.2, 0.25) is 0 Å². The maximum Gasteiger partial charge on any atom is 0.412 e. The van der Waals surface area contributed by atoms with Gasteiger partial charge in [-0.25, -0.2) is 9.79 Å². The molecule has 1 heterocycles. The Morgan fingerprint density at radius 1 is 1.40 bits per heavy atom. The maximum absolute atomic E-state index is 11.4. The van der Waals surface area contributed by atoms with E-state index in [0.717, 1.165) is 15.1 Å². The lowest BCUT2D eigenvalue weighted by Crippen LogP contribution is -2.31. The molecule has 0 aliphatic heterocycles. The minimum absolute atomic E-state index is 0.224. The molecule has 2 rings (SSSR count). The fraction of sp³-hybridized carbons (Fsp3) is 0.286. The molecule has 1 amide bonds. The lowest BCUT2D eigenvalue weighted by atomic mass is 10.2. The molecule has 0 aliphatic rings. The lowest BCUT2D eigenvalue weighted by molar-refractivity contribution is 0.0565. The molecule has 0 radical (unpaired) electrons. The topological polar surface area (TPSA) is 70.9 Å². The minimum atomic E-state index is -0.542. The van der Waals surface area contributed by atoms with E-state index in [1.54, 1.807) is 32.9 Å². The van der Waals surface area contributed by atoms with E-state index in [1.807, 2.05) is 12.1 Å². The molecule has 2 aromatic rings. The van der Waals surface area contributed by atoms with Crippen LogP contribution in [0.5, 0.6) is 5.75 Å². The monoisotopic (exact) mass is 292 g/mol. The van der Waals surface area contributed by atoms with E-state index in [9.17, 15) is 9.90 Å². The Bertz CT molecular complexity index is 656. The Balaban J connectivity index is 2.01. The van der Waals surface area contributed by atoms with Gasteiger partial charge in [-0.2, -0.15) is 0 Å². The van der Waals surface area contributed by atoms with Crippen molar-refractivity contribution in [3.8, 4) is 5.75 Å². The first-order valence-corrected chi connectivity index (χ1v) is 6.90. The van der Waals surface area contributed by atoms with E-state index in [2.05, 4.69) is 10.3 Å². The SMILES string of the molecule is CC(C)(C)OC(=O)N/C=N/c1cc2ccc(O)cc2s1. The molecule has 0 unspecified atom stereocenters. The summed E-state index contributed by atoms with van der Waals surface area (Å²) in [5.74, 6) is 0.224. The van der Waals surface area contributed by atoms with Gasteiger partial charge in [-0.05, 0) is 50.4 Å². The molecule has 106 valence electrons. The van der Waals surface area contributed by atoms with E-state index in [0.29, 0.717) is 0 Å². The van der Waals surface area contributed by atoms with Crippen LogP contribution in [0.3, 0.4) is 0 Å². The van der Waals surface area contributed by atoms with Gasteiger partial charge in [-0.3, -0.25) is 5.32 Å². The number of fused-ring (bicyclic) bond motifs is 1. The quantitative estimate of drug-likeness (QED) is 0.653. The van der Waals surface area contributed by atoms with Gasteiger partial charge in [0, 0.05) is 4.70 Å². The highest BCUT2D eigenvalue weighted by Gasteiger charge is 2.14. The number of ether oxygens (including phenoxy) is 1. The van der Waals surface area contributed by atoms with Crippen LogP contribution >= 0.6 is 11.3 Å². The van der Waals surface area contributed by atoms with E-state index in [4.69, 9.17) is 4.74 Å². The minimum Gasteiger partial charge on any atom is -0.508 e. The van der Waals surface area contributed by atoms with Crippen molar-refractivity contribution >= 4 is 38.9 Å². The fourth-order valence-electron chi connectivity index (χ4n) is 1.53. The predicted octanol–water partition coefficient (Wildman–Crippen LogP) is 3.79. The normalized spacial score (nSPS) is 11.9. The molecule has 0 fully saturated rings. The fourth-order valence-corrected chi connectivity index (χ4v) is 2.47. The van der Waals surface area contributed by atoms with E-state index in [-0.39, 0.29) is 5.75 Å². The highest BCUT2D eigenvalue weighted by atomic mass is 32.1. The molecule has 0 saturated heterocycles. The van der Waals surface area contributed by atoms with Crippen molar-refractivity contribution in [2.75, 3.05) is 0 Å². The van der Waals surface area contributed by atoms with Crippen molar-refractivity contribution in [1.82, 2.24) is 5.32 Å². The summed E-state index contributed by atoms with van der Waals surface area (Å²) in [6.07, 6.45) is 0.763. The standard InChI is InChI=1S/C14H16N2O3S/c1-14(2,3)19-13(18)16-8-15-12-6-9-4-5-10(17)7-11(9)20-12/h4-8,17H,1-3H3,(H,15,16,18). The number of hydrogen-bond acceptors (Lipinski definition) is 5. The number of carbonyl (C=O) groups is 1. The summed E-state index contributed by atoms with van der Waals surface area (Å²) >= 11 is 1.43. The molecule has 0 bridgehead atoms. The number of alkyl carbamates (subject to hydrolysis) is 1. The number of thiophene rings is 1. The zero-order valence-corrected chi connectivity index (χ0v) is 12.3. The molecule has 2 N–H and O–H groups in total. The molecule has 5 nitrogen and oxygen atoms in total. The molecule has 1 aromatic carbocycles. The van der Waals surface area contributed by atoms with Crippen molar-refractivity contribution in [2.24, 2.45) is 4.99 Å². The van der Waals surface area contributed by atoms with E-state index >= 15 is 0 Å². The number of benzene rings is 1. The van der Waals surface area contributed by atoms with Gasteiger partial charge in [-0.1, -0.05) is 0 Å². The van der Waals surface area contributed by atoms with Gasteiger partial charge < -0.3 is 9.84 Å². The summed E-state index contributed by atoms with van der Waals surface area (Å²) in [7, 11) is 0. The lowest BCUT2D eigenvalue weighted by Gasteiger charge is -2.18. The second-order valence-corrected chi connectivity index (χ2v) is 6.27. The van der Waals surface area contributed by atoms with E-state index in [1.165, 1.54) is 17.7 Å². The molecule has 0 aliphatic carbocycles. The smallest absolute Gasteiger partial charge is 0.412 e. The van der Waals surface area contributed by atoms with Gasteiger partial charge in [0.05, 0.1) is 6.34 Å². The largest absolute Gasteiger partial charge is 0.508 e. The van der Waals surface area contributed by atoms with Gasteiger partial charge in [0.25, 0.3) is 0 Å². The van der Waals surface area contributed by atoms with Crippen molar-refractivity contribution in [3.63, 3.8) is 0 Å². The highest BCUT2D eigenvalue weighted by Crippen LogP contribution is 2.33. The molecule has 0 atom stereocenters. The third-order valence-electron chi connectivity index (χ3n) is 2.26. The van der Waals surface area contributed by atoms with Gasteiger partial charge >= 0.3 is 6.09 Å². The van der Waals surface area contributed by atoms with Gasteiger partial charge in [-0.15, -0.1) is 11.3 Å². The summed E-state index contributed by atoms with van der Waals surface area (Å²) in [6.45, 7) is 5.38. The maximum atomic E-state index is 11.4. The number of rotatable bonds is 2. The van der Waals surface area contributed by atoms with Crippen LogP contribution in [0, 0.1) is 0 Å². The third kappa shape index (κ3) is 3.96. The Hall–Kier alpha value is -2.08. The van der Waals surface area contributed by atoms with E-state index < -0.39 is 11.7 Å². The second-order valence-electron chi connectivity index (χ2n) is 5.21. The zero-order valence-electron chi connectivity index (χ0n) is 11.5. The number of carbonyl (C=O) groups excluding carboxylic acids is 1. The summed E-state index contributed by atoms with van der Waals surface area (Å²) < 4.78 is 6.02. The van der Waals surface area contributed by atoms with Crippen LogP contribution in [-0.2, 0) is 4.74 Å². The number of phenols is 1. The first-order chi connectivity index (χ1) is 9.33. The second kappa shape index (κ2) is 5.50. The van der Waals surface area contributed by atoms with Crippen molar-refractivity contribution < 1.29 is 14.6 Å². The number of aliphatic imine (C=N–C) groups is 1. The van der Waals surface area contributed by atoms with Gasteiger partial charge in [0.15, 0.2) is 0 Å². The Labute approximate surface area is 120 Å². The third-order valence-corrected chi connectivity index (χ3v) is 3.27. The van der Waals surface area contributed by atoms with Crippen molar-refractivity contribution in [2.45, 2.75) is 26.4 Å². The Morgan fingerprint density at radius 2 is 2.15 bits per heavy atom. The average molecular weight is 292 g/mol. The molecule has 0 spiro atoms. The summed E-state index contributed by atoms with van der Waals surface area (Å²) in [5.41, 5.74) is -0.535. The number of phenolic OH excluding ortho intramolecular Hbond substituents is 1. The number of nitrogens with one attached hydrogen (secondary N) is 1. The molecule has 20 heavy (non-hydrogen) atoms. The molecule has 0 saturated carbocycles. The van der Waals surface area contributed by atoms with Crippen LogP contribution in [-0.4, -0.2) is 23.1 Å². The highest BCUT2D eigenvalue weighted by molar-refractivity contribution is 7.22. The van der Waals surface area contributed by atoms with Crippen LogP contribution in [0.4, 0.5) is 9.80 Å². The number of aromatic hydroxyl groups is 1. The predicted molar refractivity (Wildman–Crippen MR) is 81.0 cm³/mol. The van der Waals surface area contributed by atoms with Gasteiger partial charge in [0.2, 0.25) is 0 Å². The van der Waals surface area contributed by atoms with Gasteiger partial charge in [0.1, 0.15) is 16.4 Å². The van der Waals surface area contributed by atoms with Crippen molar-refractivity contribution in [1.29, 1.82) is 0 Å². The Morgan fingerprint density at radius 3 is 2.85 bits per heavy atom. The van der Waals surface area contributed by atoms with Crippen LogP contribution in [0.15, 0.2) is 29.3 Å². The molecule has 1 aromatic heterocycles. The Kier molecular flexibility index (Phi) is 3.94. The summed E-state index contributed by atoms with van der Waals surface area (Å²) in [6, 6.07) is 7.01. The summed E-state index contributed by atoms with van der Waals surface area (Å²) in [4.78, 5) is 15.6. The zero-order chi connectivity index (χ0) is 14.8. The first kappa shape index (κ1) is 14.3. The number of nitrogens with zero attached hydrogens (tertiary/aromatic N) is 1. The first-order valence-electron chi connectivity index (χ1n) is 6.08. The number of hydrogen-bond donors (Lipinski definition) is 2. The van der Waals surface area contributed by atoms with Crippen molar-refractivity contribution in [3.05, 3.63) is 24.3 Å². The van der Waals surface area contributed by atoms with Crippen LogP contribution in [0.1, 0.15) is 20.8 Å². The molecule has 6 heteroatoms. The van der Waals surface area contributed by atoms with Crippen LogP contribution in [0.25, 0.3) is 10.1 Å². The average Bonchev–Trinajstić information content (AvgIpc) is 2.68.